The quantitative estimate of drug-likeness (QED) is 0.566. The highest BCUT2D eigenvalue weighted by Crippen LogP contribution is 2.48. The van der Waals surface area contributed by atoms with Crippen LogP contribution < -0.4 is 4.74 Å². The molecule has 3 heteroatoms. The van der Waals surface area contributed by atoms with Crippen LogP contribution in [0.3, 0.4) is 0 Å². The summed E-state index contributed by atoms with van der Waals surface area (Å²) in [6, 6.07) is 12.3. The van der Waals surface area contributed by atoms with Crippen molar-refractivity contribution < 1.29 is 14.3 Å². The molecule has 1 aliphatic rings. The predicted octanol–water partition coefficient (Wildman–Crippen LogP) is 6.20. The van der Waals surface area contributed by atoms with E-state index in [1.54, 1.807) is 0 Å². The van der Waals surface area contributed by atoms with Crippen LogP contribution in [-0.4, -0.2) is 19.2 Å². The highest BCUT2D eigenvalue weighted by atomic mass is 16.5. The maximum Gasteiger partial charge on any atom is 0.337 e. The lowest BCUT2D eigenvalue weighted by molar-refractivity contribution is 0.0600. The van der Waals surface area contributed by atoms with Gasteiger partial charge in [0.05, 0.1) is 18.8 Å². The molecular weight excluding hydrogens is 360 g/mol. The van der Waals surface area contributed by atoms with Gasteiger partial charge >= 0.3 is 5.97 Å². The molecule has 0 bridgehead atoms. The summed E-state index contributed by atoms with van der Waals surface area (Å²) in [5, 5.41) is 0. The van der Waals surface area contributed by atoms with E-state index in [1.807, 2.05) is 24.3 Å². The molecule has 0 amide bonds. The van der Waals surface area contributed by atoms with Crippen LogP contribution in [0.2, 0.25) is 0 Å². The number of methoxy groups -OCH3 is 1. The topological polar surface area (TPSA) is 35.5 Å². The zero-order chi connectivity index (χ0) is 21.4. The van der Waals surface area contributed by atoms with Crippen molar-refractivity contribution in [3.05, 3.63) is 64.2 Å². The molecule has 0 saturated heterocycles. The minimum atomic E-state index is -0.307. The monoisotopic (exact) mass is 394 g/mol. The molecule has 0 radical (unpaired) electrons. The van der Waals surface area contributed by atoms with Crippen LogP contribution in [0.15, 0.2) is 36.4 Å². The first kappa shape index (κ1) is 21.4. The number of carbonyl (C=O) groups excluding carboxylic acids is 1. The summed E-state index contributed by atoms with van der Waals surface area (Å²) >= 11 is 0. The number of ether oxygens (including phenoxy) is 2. The molecule has 3 rings (SSSR count). The summed E-state index contributed by atoms with van der Waals surface area (Å²) in [7, 11) is 1.40. The Morgan fingerprint density at radius 3 is 2.03 bits per heavy atom. The van der Waals surface area contributed by atoms with Crippen LogP contribution in [0.1, 0.15) is 87.0 Å². The number of esters is 1. The van der Waals surface area contributed by atoms with Gasteiger partial charge in [-0.3, -0.25) is 0 Å². The minimum absolute atomic E-state index is 0.119. The van der Waals surface area contributed by atoms with Crippen molar-refractivity contribution in [1.29, 1.82) is 0 Å². The van der Waals surface area contributed by atoms with E-state index in [0.29, 0.717) is 5.56 Å². The van der Waals surface area contributed by atoms with Crippen molar-refractivity contribution in [2.75, 3.05) is 7.11 Å². The second-order valence-corrected chi connectivity index (χ2v) is 9.81. The first-order valence-electron chi connectivity index (χ1n) is 10.6. The minimum Gasteiger partial charge on any atom is -0.491 e. The molecule has 0 aromatic heterocycles. The van der Waals surface area contributed by atoms with E-state index in [9.17, 15) is 4.79 Å². The zero-order valence-electron chi connectivity index (χ0n) is 18.9. The van der Waals surface area contributed by atoms with E-state index in [0.717, 1.165) is 17.7 Å². The van der Waals surface area contributed by atoms with Gasteiger partial charge in [0.25, 0.3) is 0 Å². The predicted molar refractivity (Wildman–Crippen MR) is 118 cm³/mol. The van der Waals surface area contributed by atoms with E-state index in [-0.39, 0.29) is 22.9 Å². The van der Waals surface area contributed by atoms with E-state index in [1.165, 1.54) is 36.6 Å². The number of carbonyl (C=O) groups is 1. The lowest BCUT2D eigenvalue weighted by atomic mass is 9.63. The molecule has 0 spiro atoms. The molecule has 1 aliphatic carbocycles. The van der Waals surface area contributed by atoms with Gasteiger partial charge in [0.1, 0.15) is 5.75 Å². The maximum absolute atomic E-state index is 11.7. The molecule has 0 saturated carbocycles. The van der Waals surface area contributed by atoms with Crippen molar-refractivity contribution >= 4 is 5.97 Å². The van der Waals surface area contributed by atoms with Crippen molar-refractivity contribution in [1.82, 2.24) is 0 Å². The Bertz CT molecular complexity index is 889. The zero-order valence-corrected chi connectivity index (χ0v) is 18.9. The lowest BCUT2D eigenvalue weighted by Crippen LogP contribution is -2.34. The van der Waals surface area contributed by atoms with Gasteiger partial charge in [0, 0.05) is 6.42 Å². The number of fused-ring (bicyclic) bond motifs is 1. The van der Waals surface area contributed by atoms with Crippen LogP contribution in [0.4, 0.5) is 0 Å². The fourth-order valence-corrected chi connectivity index (χ4v) is 4.24. The summed E-state index contributed by atoms with van der Waals surface area (Å²) in [4.78, 5) is 11.7. The van der Waals surface area contributed by atoms with Gasteiger partial charge in [0.2, 0.25) is 0 Å². The molecule has 0 unspecified atom stereocenters. The van der Waals surface area contributed by atoms with Gasteiger partial charge in [-0.25, -0.2) is 4.79 Å². The average molecular weight is 395 g/mol. The van der Waals surface area contributed by atoms with E-state index < -0.39 is 0 Å². The molecule has 2 aromatic rings. The summed E-state index contributed by atoms with van der Waals surface area (Å²) in [5.41, 5.74) is 6.09. The number of benzene rings is 2. The summed E-state index contributed by atoms with van der Waals surface area (Å²) in [6.07, 6.45) is 3.26. The second kappa shape index (κ2) is 7.85. The van der Waals surface area contributed by atoms with Crippen molar-refractivity contribution in [2.45, 2.75) is 77.7 Å². The summed E-state index contributed by atoms with van der Waals surface area (Å²) < 4.78 is 11.1. The van der Waals surface area contributed by atoms with Crippen LogP contribution in [0.5, 0.6) is 5.75 Å². The fourth-order valence-electron chi connectivity index (χ4n) is 4.24. The Labute approximate surface area is 175 Å². The van der Waals surface area contributed by atoms with E-state index in [2.05, 4.69) is 53.7 Å². The Balaban J connectivity index is 2.04. The molecule has 0 fully saturated rings. The Morgan fingerprint density at radius 2 is 1.52 bits per heavy atom. The molecular formula is C26H34O3. The van der Waals surface area contributed by atoms with Gasteiger partial charge in [-0.1, -0.05) is 45.9 Å². The molecule has 0 aliphatic heterocycles. The van der Waals surface area contributed by atoms with E-state index in [4.69, 9.17) is 9.47 Å². The van der Waals surface area contributed by atoms with Gasteiger partial charge in [0.15, 0.2) is 0 Å². The van der Waals surface area contributed by atoms with Crippen molar-refractivity contribution in [3.8, 4) is 5.75 Å². The average Bonchev–Trinajstić information content (AvgIpc) is 2.66. The van der Waals surface area contributed by atoms with E-state index >= 15 is 0 Å². The number of rotatable bonds is 5. The van der Waals surface area contributed by atoms with Gasteiger partial charge in [-0.2, -0.15) is 0 Å². The maximum atomic E-state index is 11.7. The van der Waals surface area contributed by atoms with Gasteiger partial charge in [-0.15, -0.1) is 0 Å². The van der Waals surface area contributed by atoms with Gasteiger partial charge < -0.3 is 9.47 Å². The Kier molecular flexibility index (Phi) is 5.80. The normalized spacial score (nSPS) is 17.0. The standard InChI is InChI=1S/C26H34O3/c1-17(2)29-23-16-22-21(25(3,4)12-13-26(22,5)6)15-20(23)14-18-8-10-19(11-9-18)24(27)28-7/h8-11,15-17H,12-14H2,1-7H3. The smallest absolute Gasteiger partial charge is 0.337 e. The molecule has 29 heavy (non-hydrogen) atoms. The highest BCUT2D eigenvalue weighted by Gasteiger charge is 2.38. The largest absolute Gasteiger partial charge is 0.491 e. The number of hydrogen-bond donors (Lipinski definition) is 0. The molecule has 3 nitrogen and oxygen atoms in total. The third-order valence-electron chi connectivity index (χ3n) is 6.17. The molecule has 0 N–H and O–H groups in total. The lowest BCUT2D eigenvalue weighted by Gasteiger charge is -2.42. The molecule has 0 heterocycles. The number of hydrogen-bond acceptors (Lipinski definition) is 3. The molecule has 156 valence electrons. The third kappa shape index (κ3) is 4.49. The Hall–Kier alpha value is -2.29. The Morgan fingerprint density at radius 1 is 0.966 bits per heavy atom. The molecule has 0 atom stereocenters. The first-order valence-corrected chi connectivity index (χ1v) is 10.6. The van der Waals surface area contributed by atoms with Crippen LogP contribution in [-0.2, 0) is 22.0 Å². The second-order valence-electron chi connectivity index (χ2n) is 9.81. The van der Waals surface area contributed by atoms with Crippen LogP contribution in [0.25, 0.3) is 0 Å². The fraction of sp³-hybridized carbons (Fsp3) is 0.500. The van der Waals surface area contributed by atoms with Crippen LogP contribution in [0, 0.1) is 0 Å². The summed E-state index contributed by atoms with van der Waals surface area (Å²) in [6.45, 7) is 13.5. The molecule has 2 aromatic carbocycles. The highest BCUT2D eigenvalue weighted by molar-refractivity contribution is 5.89. The van der Waals surface area contributed by atoms with Crippen molar-refractivity contribution in [3.63, 3.8) is 0 Å². The first-order chi connectivity index (χ1) is 13.5. The third-order valence-corrected chi connectivity index (χ3v) is 6.17. The van der Waals surface area contributed by atoms with Crippen LogP contribution >= 0.6 is 0 Å². The van der Waals surface area contributed by atoms with Crippen molar-refractivity contribution in [2.24, 2.45) is 0 Å². The summed E-state index contributed by atoms with van der Waals surface area (Å²) in [5.74, 6) is 0.666. The van der Waals surface area contributed by atoms with Gasteiger partial charge in [-0.05, 0) is 78.0 Å². The SMILES string of the molecule is COC(=O)c1ccc(Cc2cc3c(cc2OC(C)C)C(C)(C)CCC3(C)C)cc1.